The Bertz CT molecular complexity index is 1150. The third-order valence-corrected chi connectivity index (χ3v) is 6.55. The van der Waals surface area contributed by atoms with Crippen LogP contribution in [0.4, 0.5) is 11.4 Å². The van der Waals surface area contributed by atoms with Gasteiger partial charge in [0.1, 0.15) is 5.75 Å². The summed E-state index contributed by atoms with van der Waals surface area (Å²) in [5, 5.41) is 2.75. The summed E-state index contributed by atoms with van der Waals surface area (Å²) in [6.45, 7) is 1.15. The van der Waals surface area contributed by atoms with Gasteiger partial charge in [0.15, 0.2) is 12.3 Å². The first-order valence-corrected chi connectivity index (χ1v) is 11.8. The Morgan fingerprint density at radius 1 is 1.17 bits per heavy atom. The van der Waals surface area contributed by atoms with Crippen molar-refractivity contribution >= 4 is 29.1 Å². The van der Waals surface area contributed by atoms with E-state index in [0.29, 0.717) is 54.1 Å². The molecule has 184 valence electrons. The molecule has 10 nitrogen and oxygen atoms in total. The first-order chi connectivity index (χ1) is 16.8. The number of pyridine rings is 1. The quantitative estimate of drug-likeness (QED) is 0.644. The van der Waals surface area contributed by atoms with Gasteiger partial charge in [-0.15, -0.1) is 0 Å². The lowest BCUT2D eigenvalue weighted by Gasteiger charge is -2.36. The number of nitrogens with zero attached hydrogens (tertiary/aromatic N) is 4. The molecule has 0 spiro atoms. The molecule has 2 aliphatic heterocycles. The summed E-state index contributed by atoms with van der Waals surface area (Å²) in [5.74, 6) is 0.954. The van der Waals surface area contributed by atoms with Gasteiger partial charge < -0.3 is 29.5 Å². The van der Waals surface area contributed by atoms with E-state index in [4.69, 9.17) is 9.47 Å². The number of fused-ring (bicyclic) bond motifs is 1. The molecule has 0 radical (unpaired) electrons. The van der Waals surface area contributed by atoms with Gasteiger partial charge in [0, 0.05) is 45.9 Å². The van der Waals surface area contributed by atoms with Crippen molar-refractivity contribution in [2.45, 2.75) is 31.5 Å². The molecule has 1 aromatic carbocycles. The molecule has 3 aliphatic rings. The summed E-state index contributed by atoms with van der Waals surface area (Å²) in [7, 11) is 5.04. The van der Waals surface area contributed by atoms with Crippen LogP contribution in [0.5, 0.6) is 11.6 Å². The van der Waals surface area contributed by atoms with E-state index in [1.54, 1.807) is 67.5 Å². The van der Waals surface area contributed by atoms with Crippen LogP contribution in [0.25, 0.3) is 0 Å². The fourth-order valence-electron chi connectivity index (χ4n) is 4.28. The number of aromatic nitrogens is 1. The van der Waals surface area contributed by atoms with Crippen molar-refractivity contribution in [1.29, 1.82) is 0 Å². The molecule has 1 aromatic heterocycles. The molecule has 10 heteroatoms. The Morgan fingerprint density at radius 3 is 2.66 bits per heavy atom. The number of ether oxygens (including phenoxy) is 2. The molecule has 1 N–H and O–H groups in total. The van der Waals surface area contributed by atoms with Crippen LogP contribution in [-0.2, 0) is 9.59 Å². The molecule has 1 saturated heterocycles. The van der Waals surface area contributed by atoms with Crippen LogP contribution >= 0.6 is 0 Å². The predicted octanol–water partition coefficient (Wildman–Crippen LogP) is 1.65. The predicted molar refractivity (Wildman–Crippen MR) is 129 cm³/mol. The highest BCUT2D eigenvalue weighted by atomic mass is 16.5. The number of amides is 3. The number of nitrogens with one attached hydrogen (secondary N) is 1. The number of hydrogen-bond donors (Lipinski definition) is 1. The molecule has 2 aromatic rings. The summed E-state index contributed by atoms with van der Waals surface area (Å²) in [6.07, 6.45) is 3.10. The molecule has 2 fully saturated rings. The molecule has 0 bridgehead atoms. The average molecular weight is 480 g/mol. The maximum Gasteiger partial charge on any atom is 0.268 e. The first kappa shape index (κ1) is 22.9. The van der Waals surface area contributed by atoms with Crippen LogP contribution in [0.2, 0.25) is 0 Å². The van der Waals surface area contributed by atoms with Gasteiger partial charge in [-0.3, -0.25) is 14.4 Å². The SMILES string of the molecule is CN(C)C(=O)C1NC(=O)c2cc(N3CCC(Oc4ccc(OCC5CC5)nc4)C3=O)ccc2N1C. The molecular weight excluding hydrogens is 450 g/mol. The smallest absolute Gasteiger partial charge is 0.268 e. The van der Waals surface area contributed by atoms with Crippen molar-refractivity contribution in [3.63, 3.8) is 0 Å². The Balaban J connectivity index is 1.26. The highest BCUT2D eigenvalue weighted by Crippen LogP contribution is 2.33. The molecule has 2 atom stereocenters. The van der Waals surface area contributed by atoms with Crippen molar-refractivity contribution in [1.82, 2.24) is 15.2 Å². The largest absolute Gasteiger partial charge is 0.479 e. The van der Waals surface area contributed by atoms with Gasteiger partial charge in [0.25, 0.3) is 17.7 Å². The van der Waals surface area contributed by atoms with Crippen LogP contribution in [0.1, 0.15) is 29.6 Å². The lowest BCUT2D eigenvalue weighted by Crippen LogP contribution is -2.58. The van der Waals surface area contributed by atoms with Crippen LogP contribution in [0, 0.1) is 5.92 Å². The fourth-order valence-corrected chi connectivity index (χ4v) is 4.28. The van der Waals surface area contributed by atoms with Crippen molar-refractivity contribution in [3.05, 3.63) is 42.1 Å². The van der Waals surface area contributed by atoms with E-state index in [-0.39, 0.29) is 17.7 Å². The highest BCUT2D eigenvalue weighted by molar-refractivity contribution is 6.07. The number of rotatable bonds is 7. The van der Waals surface area contributed by atoms with Crippen LogP contribution in [0.15, 0.2) is 36.5 Å². The van der Waals surface area contributed by atoms with Crippen molar-refractivity contribution in [2.24, 2.45) is 5.92 Å². The number of carbonyl (C=O) groups is 3. The molecule has 3 heterocycles. The summed E-state index contributed by atoms with van der Waals surface area (Å²) in [4.78, 5) is 47.4. The lowest BCUT2D eigenvalue weighted by molar-refractivity contribution is -0.130. The zero-order chi connectivity index (χ0) is 24.7. The zero-order valence-electron chi connectivity index (χ0n) is 20.1. The van der Waals surface area contributed by atoms with E-state index in [0.717, 1.165) is 0 Å². The van der Waals surface area contributed by atoms with Gasteiger partial charge in [0.05, 0.1) is 24.1 Å². The van der Waals surface area contributed by atoms with Gasteiger partial charge in [0.2, 0.25) is 5.88 Å². The third kappa shape index (κ3) is 4.60. The van der Waals surface area contributed by atoms with Crippen molar-refractivity contribution in [2.75, 3.05) is 44.1 Å². The Labute approximate surface area is 203 Å². The fraction of sp³-hybridized carbons (Fsp3) is 0.440. The summed E-state index contributed by atoms with van der Waals surface area (Å²) in [5.41, 5.74) is 1.66. The second-order valence-corrected chi connectivity index (χ2v) is 9.39. The van der Waals surface area contributed by atoms with E-state index >= 15 is 0 Å². The molecule has 5 rings (SSSR count). The van der Waals surface area contributed by atoms with Gasteiger partial charge in [-0.05, 0) is 43.0 Å². The molecule has 35 heavy (non-hydrogen) atoms. The molecule has 3 amide bonds. The maximum absolute atomic E-state index is 13.1. The Morgan fingerprint density at radius 2 is 1.97 bits per heavy atom. The van der Waals surface area contributed by atoms with E-state index in [9.17, 15) is 14.4 Å². The van der Waals surface area contributed by atoms with Gasteiger partial charge in [-0.25, -0.2) is 4.98 Å². The van der Waals surface area contributed by atoms with E-state index in [1.165, 1.54) is 17.7 Å². The second kappa shape index (κ2) is 9.09. The number of carbonyl (C=O) groups excluding carboxylic acids is 3. The van der Waals surface area contributed by atoms with Crippen molar-refractivity contribution < 1.29 is 23.9 Å². The van der Waals surface area contributed by atoms with Crippen molar-refractivity contribution in [3.8, 4) is 11.6 Å². The molecule has 1 aliphatic carbocycles. The lowest BCUT2D eigenvalue weighted by atomic mass is 10.1. The summed E-state index contributed by atoms with van der Waals surface area (Å²) >= 11 is 0. The number of benzene rings is 1. The number of hydrogen-bond acceptors (Lipinski definition) is 7. The molecular formula is C25H29N5O5. The first-order valence-electron chi connectivity index (χ1n) is 11.8. The van der Waals surface area contributed by atoms with Gasteiger partial charge in [-0.2, -0.15) is 0 Å². The zero-order valence-corrected chi connectivity index (χ0v) is 20.1. The van der Waals surface area contributed by atoms with Gasteiger partial charge >= 0.3 is 0 Å². The topological polar surface area (TPSA) is 104 Å². The average Bonchev–Trinajstić information content (AvgIpc) is 3.62. The Hall–Kier alpha value is -3.82. The normalized spacial score (nSPS) is 21.5. The molecule has 1 saturated carbocycles. The number of likely N-dealkylation sites (N-methyl/N-ethyl adjacent to an activating group) is 2. The second-order valence-electron chi connectivity index (χ2n) is 9.39. The highest BCUT2D eigenvalue weighted by Gasteiger charge is 2.37. The summed E-state index contributed by atoms with van der Waals surface area (Å²) < 4.78 is 11.6. The van der Waals surface area contributed by atoms with Crippen LogP contribution < -0.4 is 24.6 Å². The molecule has 2 unspecified atom stereocenters. The monoisotopic (exact) mass is 479 g/mol. The Kier molecular flexibility index (Phi) is 5.96. The minimum absolute atomic E-state index is 0.177. The minimum atomic E-state index is -0.777. The number of anilines is 2. The summed E-state index contributed by atoms with van der Waals surface area (Å²) in [6, 6.07) is 8.76. The van der Waals surface area contributed by atoms with E-state index in [1.807, 2.05) is 0 Å². The van der Waals surface area contributed by atoms with Crippen LogP contribution in [0.3, 0.4) is 0 Å². The van der Waals surface area contributed by atoms with E-state index in [2.05, 4.69) is 10.3 Å². The minimum Gasteiger partial charge on any atom is -0.479 e. The van der Waals surface area contributed by atoms with Gasteiger partial charge in [-0.1, -0.05) is 0 Å². The van der Waals surface area contributed by atoms with E-state index < -0.39 is 12.3 Å². The van der Waals surface area contributed by atoms with Crippen LogP contribution in [-0.4, -0.2) is 74.2 Å². The maximum atomic E-state index is 13.1. The standard InChI is InChI=1S/C25H29N5O5/c1-28(2)25(33)22-27-23(31)18-12-16(6-8-19(18)29(22)3)30-11-10-20(24(30)32)35-17-7-9-21(26-13-17)34-14-15-4-5-15/h6-9,12-13,15,20,22H,4-5,10-11,14H2,1-3H3,(H,27,31). The third-order valence-electron chi connectivity index (χ3n) is 6.55.